The van der Waals surface area contributed by atoms with Gasteiger partial charge in [0.05, 0.1) is 11.9 Å². The second kappa shape index (κ2) is 5.41. The predicted molar refractivity (Wildman–Crippen MR) is 66.2 cm³/mol. The SMILES string of the molecule is O=C(Nc1ccc(Br)nc1)C1CCNCC1. The van der Waals surface area contributed by atoms with Crippen molar-refractivity contribution in [3.63, 3.8) is 0 Å². The van der Waals surface area contributed by atoms with Crippen molar-refractivity contribution < 1.29 is 4.79 Å². The predicted octanol–water partition coefficient (Wildman–Crippen LogP) is 1.78. The molecule has 16 heavy (non-hydrogen) atoms. The molecule has 1 aromatic heterocycles. The van der Waals surface area contributed by atoms with Crippen LogP contribution in [0.25, 0.3) is 0 Å². The molecule has 2 N–H and O–H groups in total. The summed E-state index contributed by atoms with van der Waals surface area (Å²) in [6.45, 7) is 1.85. The molecule has 86 valence electrons. The summed E-state index contributed by atoms with van der Waals surface area (Å²) in [4.78, 5) is 15.9. The van der Waals surface area contributed by atoms with E-state index in [-0.39, 0.29) is 11.8 Å². The smallest absolute Gasteiger partial charge is 0.227 e. The molecule has 0 aliphatic carbocycles. The Kier molecular flexibility index (Phi) is 3.90. The van der Waals surface area contributed by atoms with Crippen molar-refractivity contribution in [1.29, 1.82) is 0 Å². The van der Waals surface area contributed by atoms with E-state index in [2.05, 4.69) is 31.5 Å². The van der Waals surface area contributed by atoms with Crippen LogP contribution in [0.3, 0.4) is 0 Å². The molecule has 0 unspecified atom stereocenters. The largest absolute Gasteiger partial charge is 0.324 e. The maximum Gasteiger partial charge on any atom is 0.227 e. The molecule has 1 aromatic rings. The van der Waals surface area contributed by atoms with Gasteiger partial charge in [-0.15, -0.1) is 0 Å². The molecule has 0 aromatic carbocycles. The molecule has 2 heterocycles. The molecule has 0 saturated carbocycles. The molecule has 0 spiro atoms. The van der Waals surface area contributed by atoms with Crippen molar-refractivity contribution in [1.82, 2.24) is 10.3 Å². The topological polar surface area (TPSA) is 54.0 Å². The number of rotatable bonds is 2. The molecule has 5 heteroatoms. The normalized spacial score (nSPS) is 17.1. The number of pyridine rings is 1. The Morgan fingerprint density at radius 3 is 2.81 bits per heavy atom. The first-order valence-corrected chi connectivity index (χ1v) is 6.18. The van der Waals surface area contributed by atoms with Gasteiger partial charge >= 0.3 is 0 Å². The van der Waals surface area contributed by atoms with Gasteiger partial charge in [-0.3, -0.25) is 4.79 Å². The summed E-state index contributed by atoms with van der Waals surface area (Å²) in [5, 5.41) is 6.13. The average molecular weight is 284 g/mol. The monoisotopic (exact) mass is 283 g/mol. The third-order valence-corrected chi connectivity index (χ3v) is 3.17. The van der Waals surface area contributed by atoms with Crippen molar-refractivity contribution in [2.45, 2.75) is 12.8 Å². The van der Waals surface area contributed by atoms with Crippen LogP contribution in [0.2, 0.25) is 0 Å². The van der Waals surface area contributed by atoms with E-state index < -0.39 is 0 Å². The fraction of sp³-hybridized carbons (Fsp3) is 0.455. The number of amides is 1. The van der Waals surface area contributed by atoms with E-state index in [9.17, 15) is 4.79 Å². The summed E-state index contributed by atoms with van der Waals surface area (Å²) in [6.07, 6.45) is 3.48. The van der Waals surface area contributed by atoms with Gasteiger partial charge in [-0.2, -0.15) is 0 Å². The number of halogens is 1. The summed E-state index contributed by atoms with van der Waals surface area (Å²) in [5.41, 5.74) is 0.756. The highest BCUT2D eigenvalue weighted by molar-refractivity contribution is 9.10. The molecule has 4 nitrogen and oxygen atoms in total. The van der Waals surface area contributed by atoms with E-state index >= 15 is 0 Å². The van der Waals surface area contributed by atoms with Crippen LogP contribution in [0.5, 0.6) is 0 Å². The molecule has 1 aliphatic rings. The van der Waals surface area contributed by atoms with Crippen LogP contribution in [0.4, 0.5) is 5.69 Å². The van der Waals surface area contributed by atoms with Gasteiger partial charge in [-0.25, -0.2) is 4.98 Å². The van der Waals surface area contributed by atoms with E-state index in [0.29, 0.717) is 0 Å². The van der Waals surface area contributed by atoms with Crippen LogP contribution < -0.4 is 10.6 Å². The van der Waals surface area contributed by atoms with E-state index in [1.54, 1.807) is 6.20 Å². The van der Waals surface area contributed by atoms with Gasteiger partial charge in [-0.05, 0) is 54.0 Å². The molecular weight excluding hydrogens is 270 g/mol. The number of anilines is 1. The highest BCUT2D eigenvalue weighted by Crippen LogP contribution is 2.16. The van der Waals surface area contributed by atoms with Crippen LogP contribution in [0.15, 0.2) is 22.9 Å². The maximum atomic E-state index is 11.9. The first kappa shape index (κ1) is 11.5. The molecule has 0 radical (unpaired) electrons. The van der Waals surface area contributed by atoms with Gasteiger partial charge < -0.3 is 10.6 Å². The zero-order valence-electron chi connectivity index (χ0n) is 8.87. The standard InChI is InChI=1S/C11H14BrN3O/c12-10-2-1-9(7-14-10)15-11(16)8-3-5-13-6-4-8/h1-2,7-8,13H,3-6H2,(H,15,16). The van der Waals surface area contributed by atoms with Crippen LogP contribution in [-0.2, 0) is 4.79 Å². The number of hydrogen-bond donors (Lipinski definition) is 2. The number of hydrogen-bond acceptors (Lipinski definition) is 3. The minimum atomic E-state index is 0.102. The fourth-order valence-corrected chi connectivity index (χ4v) is 2.01. The van der Waals surface area contributed by atoms with E-state index in [0.717, 1.165) is 36.2 Å². The van der Waals surface area contributed by atoms with Gasteiger partial charge in [0.25, 0.3) is 0 Å². The fourth-order valence-electron chi connectivity index (χ4n) is 1.78. The summed E-state index contributed by atoms with van der Waals surface area (Å²) in [5.74, 6) is 0.232. The Morgan fingerprint density at radius 1 is 1.44 bits per heavy atom. The lowest BCUT2D eigenvalue weighted by Gasteiger charge is -2.21. The molecule has 1 fully saturated rings. The highest BCUT2D eigenvalue weighted by Gasteiger charge is 2.20. The molecule has 1 saturated heterocycles. The third-order valence-electron chi connectivity index (χ3n) is 2.70. The number of carbonyl (C=O) groups excluding carboxylic acids is 1. The van der Waals surface area contributed by atoms with Gasteiger partial charge in [0.2, 0.25) is 5.91 Å². The Labute approximate surface area is 103 Å². The molecule has 1 amide bonds. The van der Waals surface area contributed by atoms with E-state index in [1.807, 2.05) is 12.1 Å². The van der Waals surface area contributed by atoms with Gasteiger partial charge in [-0.1, -0.05) is 0 Å². The lowest BCUT2D eigenvalue weighted by molar-refractivity contribution is -0.120. The second-order valence-electron chi connectivity index (χ2n) is 3.88. The number of nitrogens with zero attached hydrogens (tertiary/aromatic N) is 1. The lowest BCUT2D eigenvalue weighted by atomic mass is 9.97. The van der Waals surface area contributed by atoms with E-state index in [1.165, 1.54) is 0 Å². The second-order valence-corrected chi connectivity index (χ2v) is 4.70. The zero-order chi connectivity index (χ0) is 11.4. The first-order chi connectivity index (χ1) is 7.75. The Hall–Kier alpha value is -0.940. The van der Waals surface area contributed by atoms with Crippen LogP contribution in [-0.4, -0.2) is 24.0 Å². The highest BCUT2D eigenvalue weighted by atomic mass is 79.9. The lowest BCUT2D eigenvalue weighted by Crippen LogP contribution is -2.34. The van der Waals surface area contributed by atoms with Crippen molar-refractivity contribution in [3.05, 3.63) is 22.9 Å². The first-order valence-electron chi connectivity index (χ1n) is 5.39. The summed E-state index contributed by atoms with van der Waals surface area (Å²) < 4.78 is 0.771. The Balaban J connectivity index is 1.93. The third kappa shape index (κ3) is 3.02. The van der Waals surface area contributed by atoms with Crippen LogP contribution >= 0.6 is 15.9 Å². The molecular formula is C11H14BrN3O. The minimum absolute atomic E-state index is 0.102. The molecule has 1 aliphatic heterocycles. The zero-order valence-corrected chi connectivity index (χ0v) is 10.5. The Bertz CT molecular complexity index is 360. The van der Waals surface area contributed by atoms with Gasteiger partial charge in [0.1, 0.15) is 4.60 Å². The number of aromatic nitrogens is 1. The summed E-state index contributed by atoms with van der Waals surface area (Å²) >= 11 is 3.26. The quantitative estimate of drug-likeness (QED) is 0.814. The van der Waals surface area contributed by atoms with Crippen LogP contribution in [0.1, 0.15) is 12.8 Å². The van der Waals surface area contributed by atoms with Gasteiger partial charge in [0.15, 0.2) is 0 Å². The summed E-state index contributed by atoms with van der Waals surface area (Å²) in [6, 6.07) is 3.66. The van der Waals surface area contributed by atoms with Crippen LogP contribution in [0, 0.1) is 5.92 Å². The number of piperidine rings is 1. The van der Waals surface area contributed by atoms with Crippen molar-refractivity contribution in [2.24, 2.45) is 5.92 Å². The van der Waals surface area contributed by atoms with Gasteiger partial charge in [0, 0.05) is 5.92 Å². The van der Waals surface area contributed by atoms with Crippen molar-refractivity contribution in [3.8, 4) is 0 Å². The molecule has 0 atom stereocenters. The summed E-state index contributed by atoms with van der Waals surface area (Å²) in [7, 11) is 0. The van der Waals surface area contributed by atoms with Crippen molar-refractivity contribution >= 4 is 27.5 Å². The minimum Gasteiger partial charge on any atom is -0.324 e. The number of nitrogens with one attached hydrogen (secondary N) is 2. The molecule has 2 rings (SSSR count). The van der Waals surface area contributed by atoms with E-state index in [4.69, 9.17) is 0 Å². The number of carbonyl (C=O) groups is 1. The average Bonchev–Trinajstić information content (AvgIpc) is 2.33. The van der Waals surface area contributed by atoms with Crippen molar-refractivity contribution in [2.75, 3.05) is 18.4 Å². The molecule has 0 bridgehead atoms. The Morgan fingerprint density at radius 2 is 2.19 bits per heavy atom. The maximum absolute atomic E-state index is 11.9.